The highest BCUT2D eigenvalue weighted by Crippen LogP contribution is 2.20. The van der Waals surface area contributed by atoms with Crippen molar-refractivity contribution >= 4 is 0 Å². The van der Waals surface area contributed by atoms with Gasteiger partial charge in [-0.05, 0) is 23.8 Å². The summed E-state index contributed by atoms with van der Waals surface area (Å²) < 4.78 is 17.6. The van der Waals surface area contributed by atoms with Gasteiger partial charge in [-0.3, -0.25) is 0 Å². The van der Waals surface area contributed by atoms with Crippen molar-refractivity contribution in [3.63, 3.8) is 0 Å². The Kier molecular flexibility index (Phi) is 3.30. The Morgan fingerprint density at radius 3 is 2.35 bits per heavy atom. The Morgan fingerprint density at radius 1 is 1.12 bits per heavy atom. The van der Waals surface area contributed by atoms with E-state index in [2.05, 4.69) is 10.2 Å². The molecule has 1 heterocycles. The number of hydrogen-bond donors (Lipinski definition) is 1. The molecule has 1 unspecified atom stereocenters. The third kappa shape index (κ3) is 2.57. The van der Waals surface area contributed by atoms with Crippen LogP contribution in [0.4, 0.5) is 4.39 Å². The number of rotatable bonds is 3. The molecule has 0 radical (unpaired) electrons. The summed E-state index contributed by atoms with van der Waals surface area (Å²) in [7, 11) is 1.49. The normalized spacial score (nSPS) is 12.2. The lowest BCUT2D eigenvalue weighted by molar-refractivity contribution is 0.213. The molecule has 1 aromatic heterocycles. The van der Waals surface area contributed by atoms with Gasteiger partial charge in [-0.2, -0.15) is 0 Å². The third-order valence-corrected chi connectivity index (χ3v) is 2.34. The average Bonchev–Trinajstić information content (AvgIpc) is 2.39. The SMILES string of the molecule is COc1ccc(C(O)c2ccc(F)cc2)nn1. The summed E-state index contributed by atoms with van der Waals surface area (Å²) in [5, 5.41) is 17.6. The third-order valence-electron chi connectivity index (χ3n) is 2.34. The van der Waals surface area contributed by atoms with Gasteiger partial charge >= 0.3 is 0 Å². The smallest absolute Gasteiger partial charge is 0.233 e. The number of benzene rings is 1. The first-order valence-corrected chi connectivity index (χ1v) is 5.02. The number of ether oxygens (including phenoxy) is 1. The minimum atomic E-state index is -0.922. The van der Waals surface area contributed by atoms with Crippen LogP contribution in [0.2, 0.25) is 0 Å². The average molecular weight is 234 g/mol. The van der Waals surface area contributed by atoms with Crippen molar-refractivity contribution in [3.8, 4) is 5.88 Å². The zero-order chi connectivity index (χ0) is 12.3. The second-order valence-corrected chi connectivity index (χ2v) is 3.45. The molecule has 0 aliphatic heterocycles. The minimum absolute atomic E-state index is 0.346. The molecule has 88 valence electrons. The fourth-order valence-corrected chi connectivity index (χ4v) is 1.40. The molecule has 0 saturated heterocycles. The summed E-state index contributed by atoms with van der Waals surface area (Å²) in [6, 6.07) is 8.80. The predicted molar refractivity (Wildman–Crippen MR) is 59.0 cm³/mol. The predicted octanol–water partition coefficient (Wildman–Crippen LogP) is 1.71. The molecule has 5 heteroatoms. The van der Waals surface area contributed by atoms with E-state index in [1.54, 1.807) is 12.1 Å². The van der Waals surface area contributed by atoms with Crippen LogP contribution in [0, 0.1) is 5.82 Å². The zero-order valence-electron chi connectivity index (χ0n) is 9.17. The van der Waals surface area contributed by atoms with Crippen LogP contribution in [0.1, 0.15) is 17.4 Å². The molecule has 2 aromatic rings. The number of hydrogen-bond acceptors (Lipinski definition) is 4. The lowest BCUT2D eigenvalue weighted by Gasteiger charge is -2.09. The summed E-state index contributed by atoms with van der Waals surface area (Å²) in [6.07, 6.45) is -0.922. The number of nitrogens with zero attached hydrogens (tertiary/aromatic N) is 2. The second-order valence-electron chi connectivity index (χ2n) is 3.45. The molecule has 0 spiro atoms. The lowest BCUT2D eigenvalue weighted by atomic mass is 10.1. The fraction of sp³-hybridized carbons (Fsp3) is 0.167. The monoisotopic (exact) mass is 234 g/mol. The van der Waals surface area contributed by atoms with Crippen molar-refractivity contribution in [2.75, 3.05) is 7.11 Å². The molecule has 1 aromatic carbocycles. The molecule has 17 heavy (non-hydrogen) atoms. The molecular weight excluding hydrogens is 223 g/mol. The highest BCUT2D eigenvalue weighted by atomic mass is 19.1. The van der Waals surface area contributed by atoms with E-state index in [-0.39, 0.29) is 5.82 Å². The quantitative estimate of drug-likeness (QED) is 0.878. The maximum atomic E-state index is 12.7. The van der Waals surface area contributed by atoms with Gasteiger partial charge in [0.25, 0.3) is 0 Å². The van der Waals surface area contributed by atoms with Gasteiger partial charge in [0.05, 0.1) is 12.8 Å². The Bertz CT molecular complexity index is 485. The maximum Gasteiger partial charge on any atom is 0.233 e. The second kappa shape index (κ2) is 4.88. The van der Waals surface area contributed by atoms with Crippen molar-refractivity contribution < 1.29 is 14.2 Å². The molecule has 2 rings (SSSR count). The molecule has 0 bridgehead atoms. The van der Waals surface area contributed by atoms with Gasteiger partial charge in [-0.25, -0.2) is 4.39 Å². The Labute approximate surface area is 97.7 Å². The summed E-state index contributed by atoms with van der Waals surface area (Å²) in [4.78, 5) is 0. The molecule has 0 aliphatic rings. The van der Waals surface area contributed by atoms with E-state index in [9.17, 15) is 9.50 Å². The van der Waals surface area contributed by atoms with Crippen LogP contribution in [0.15, 0.2) is 36.4 Å². The van der Waals surface area contributed by atoms with E-state index in [1.165, 1.54) is 31.4 Å². The van der Waals surface area contributed by atoms with Gasteiger partial charge in [-0.1, -0.05) is 12.1 Å². The van der Waals surface area contributed by atoms with Crippen molar-refractivity contribution in [3.05, 3.63) is 53.5 Å². The van der Waals surface area contributed by atoms with Crippen LogP contribution in [0.3, 0.4) is 0 Å². The van der Waals surface area contributed by atoms with Gasteiger partial charge in [0.1, 0.15) is 11.9 Å². The highest BCUT2D eigenvalue weighted by molar-refractivity contribution is 5.26. The molecule has 0 saturated carbocycles. The van der Waals surface area contributed by atoms with Crippen LogP contribution in [-0.4, -0.2) is 22.4 Å². The fourth-order valence-electron chi connectivity index (χ4n) is 1.40. The van der Waals surface area contributed by atoms with Crippen LogP contribution in [0.25, 0.3) is 0 Å². The first-order chi connectivity index (χ1) is 8.20. The minimum Gasteiger partial charge on any atom is -0.480 e. The number of halogens is 1. The van der Waals surface area contributed by atoms with Crippen molar-refractivity contribution in [2.45, 2.75) is 6.10 Å². The Balaban J connectivity index is 2.23. The molecule has 0 aliphatic carbocycles. The zero-order valence-corrected chi connectivity index (χ0v) is 9.17. The summed E-state index contributed by atoms with van der Waals surface area (Å²) >= 11 is 0. The van der Waals surface area contributed by atoms with E-state index in [0.29, 0.717) is 17.1 Å². The topological polar surface area (TPSA) is 55.2 Å². The standard InChI is InChI=1S/C12H11FN2O2/c1-17-11-7-6-10(14-15-11)12(16)8-2-4-9(13)5-3-8/h2-7,12,16H,1H3. The van der Waals surface area contributed by atoms with Crippen LogP contribution >= 0.6 is 0 Å². The maximum absolute atomic E-state index is 12.7. The van der Waals surface area contributed by atoms with Gasteiger partial charge in [0.15, 0.2) is 0 Å². The summed E-state index contributed by atoms with van der Waals surface area (Å²) in [6.45, 7) is 0. The first-order valence-electron chi connectivity index (χ1n) is 5.02. The van der Waals surface area contributed by atoms with Gasteiger partial charge in [-0.15, -0.1) is 10.2 Å². The molecule has 4 nitrogen and oxygen atoms in total. The van der Waals surface area contributed by atoms with Crippen molar-refractivity contribution in [2.24, 2.45) is 0 Å². The lowest BCUT2D eigenvalue weighted by Crippen LogP contribution is -2.04. The Hall–Kier alpha value is -2.01. The first kappa shape index (κ1) is 11.5. The van der Waals surface area contributed by atoms with Gasteiger partial charge in [0.2, 0.25) is 5.88 Å². The van der Waals surface area contributed by atoms with E-state index >= 15 is 0 Å². The van der Waals surface area contributed by atoms with Crippen molar-refractivity contribution in [1.82, 2.24) is 10.2 Å². The molecule has 1 N–H and O–H groups in total. The number of aromatic nitrogens is 2. The van der Waals surface area contributed by atoms with Crippen LogP contribution in [-0.2, 0) is 0 Å². The number of aliphatic hydroxyl groups excluding tert-OH is 1. The van der Waals surface area contributed by atoms with E-state index < -0.39 is 6.10 Å². The molecular formula is C12H11FN2O2. The summed E-state index contributed by atoms with van der Waals surface area (Å²) in [5.74, 6) is 0.0295. The largest absolute Gasteiger partial charge is 0.480 e. The van der Waals surface area contributed by atoms with E-state index in [0.717, 1.165) is 0 Å². The van der Waals surface area contributed by atoms with Gasteiger partial charge in [0, 0.05) is 6.07 Å². The Morgan fingerprint density at radius 2 is 1.82 bits per heavy atom. The van der Waals surface area contributed by atoms with E-state index in [4.69, 9.17) is 4.74 Å². The molecule has 0 fully saturated rings. The van der Waals surface area contributed by atoms with Crippen molar-refractivity contribution in [1.29, 1.82) is 0 Å². The summed E-state index contributed by atoms with van der Waals surface area (Å²) in [5.41, 5.74) is 0.947. The molecule has 1 atom stereocenters. The van der Waals surface area contributed by atoms with Crippen LogP contribution in [0.5, 0.6) is 5.88 Å². The number of methoxy groups -OCH3 is 1. The van der Waals surface area contributed by atoms with E-state index in [1.807, 2.05) is 0 Å². The van der Waals surface area contributed by atoms with Crippen LogP contribution < -0.4 is 4.74 Å². The molecule has 0 amide bonds. The van der Waals surface area contributed by atoms with Gasteiger partial charge < -0.3 is 9.84 Å². The highest BCUT2D eigenvalue weighted by Gasteiger charge is 2.12. The number of aliphatic hydroxyl groups is 1.